The lowest BCUT2D eigenvalue weighted by atomic mass is 9.95. The maximum Gasteiger partial charge on any atom is 0.164 e. The summed E-state index contributed by atoms with van der Waals surface area (Å²) in [5.74, 6) is 1.76. The SMILES string of the molecule is C=C/C=C(\C=C)c1nc(-c2ccccc2)nc(-c2cccc(-c3ccc(-c4cccc5ccnc(C)c45)cc3)c2)n1. The van der Waals surface area contributed by atoms with Crippen molar-refractivity contribution in [3.8, 4) is 45.0 Å². The van der Waals surface area contributed by atoms with Gasteiger partial charge in [-0.25, -0.2) is 15.0 Å². The predicted molar refractivity (Wildman–Crippen MR) is 170 cm³/mol. The summed E-state index contributed by atoms with van der Waals surface area (Å²) in [5.41, 5.74) is 8.18. The third-order valence-electron chi connectivity index (χ3n) is 7.07. The lowest BCUT2D eigenvalue weighted by molar-refractivity contribution is 1.04. The van der Waals surface area contributed by atoms with Crippen LogP contribution in [-0.2, 0) is 0 Å². The molecule has 6 aromatic rings. The van der Waals surface area contributed by atoms with Crippen molar-refractivity contribution < 1.29 is 0 Å². The highest BCUT2D eigenvalue weighted by Crippen LogP contribution is 2.33. The third-order valence-corrected chi connectivity index (χ3v) is 7.07. The molecule has 41 heavy (non-hydrogen) atoms. The fourth-order valence-corrected chi connectivity index (χ4v) is 5.04. The van der Waals surface area contributed by atoms with Crippen molar-refractivity contribution in [3.63, 3.8) is 0 Å². The number of fused-ring (bicyclic) bond motifs is 1. The van der Waals surface area contributed by atoms with Crippen LogP contribution in [0.1, 0.15) is 11.5 Å². The van der Waals surface area contributed by atoms with Crippen LogP contribution in [0.3, 0.4) is 0 Å². The molecule has 0 unspecified atom stereocenters. The van der Waals surface area contributed by atoms with Crippen molar-refractivity contribution in [2.75, 3.05) is 0 Å². The minimum atomic E-state index is 0.554. The van der Waals surface area contributed by atoms with E-state index in [-0.39, 0.29) is 0 Å². The molecule has 0 aliphatic carbocycles. The lowest BCUT2D eigenvalue weighted by Crippen LogP contribution is -2.02. The van der Waals surface area contributed by atoms with Crippen LogP contribution in [0.2, 0.25) is 0 Å². The molecular formula is C37H28N4. The summed E-state index contributed by atoms with van der Waals surface area (Å²) in [6.07, 6.45) is 7.17. The number of hydrogen-bond donors (Lipinski definition) is 0. The maximum absolute atomic E-state index is 4.86. The molecular weight excluding hydrogens is 500 g/mol. The maximum atomic E-state index is 4.86. The molecule has 0 bridgehead atoms. The Balaban J connectivity index is 1.40. The van der Waals surface area contributed by atoms with Crippen molar-refractivity contribution in [2.24, 2.45) is 0 Å². The van der Waals surface area contributed by atoms with Crippen molar-refractivity contribution in [1.29, 1.82) is 0 Å². The molecule has 0 aliphatic rings. The normalized spacial score (nSPS) is 11.4. The van der Waals surface area contributed by atoms with Gasteiger partial charge in [-0.15, -0.1) is 0 Å². The van der Waals surface area contributed by atoms with Crippen LogP contribution in [0.4, 0.5) is 0 Å². The Morgan fingerprint density at radius 1 is 0.634 bits per heavy atom. The van der Waals surface area contributed by atoms with E-state index in [0.29, 0.717) is 17.5 Å². The molecule has 4 aromatic carbocycles. The molecule has 0 N–H and O–H groups in total. The van der Waals surface area contributed by atoms with E-state index in [0.717, 1.165) is 39.1 Å². The predicted octanol–water partition coefficient (Wildman–Crippen LogP) is 9.15. The topological polar surface area (TPSA) is 51.6 Å². The highest BCUT2D eigenvalue weighted by molar-refractivity contribution is 5.98. The van der Waals surface area contributed by atoms with E-state index < -0.39 is 0 Å². The van der Waals surface area contributed by atoms with Crippen LogP contribution in [0.5, 0.6) is 0 Å². The van der Waals surface area contributed by atoms with Crippen LogP contribution in [0.15, 0.2) is 141 Å². The monoisotopic (exact) mass is 528 g/mol. The molecule has 0 fully saturated rings. The van der Waals surface area contributed by atoms with Crippen LogP contribution in [0, 0.1) is 6.92 Å². The Bertz CT molecular complexity index is 1910. The number of hydrogen-bond acceptors (Lipinski definition) is 4. The molecule has 0 amide bonds. The highest BCUT2D eigenvalue weighted by atomic mass is 15.0. The molecule has 196 valence electrons. The number of allylic oxidation sites excluding steroid dienone is 4. The average molecular weight is 529 g/mol. The first-order chi connectivity index (χ1) is 20.1. The molecule has 2 aromatic heterocycles. The van der Waals surface area contributed by atoms with E-state index in [4.69, 9.17) is 15.0 Å². The number of aryl methyl sites for hydroxylation is 1. The van der Waals surface area contributed by atoms with Crippen LogP contribution < -0.4 is 0 Å². The summed E-state index contributed by atoms with van der Waals surface area (Å²) in [5, 5.41) is 2.38. The van der Waals surface area contributed by atoms with Gasteiger partial charge in [0.25, 0.3) is 0 Å². The van der Waals surface area contributed by atoms with Crippen molar-refractivity contribution in [1.82, 2.24) is 19.9 Å². The Labute approximate surface area is 240 Å². The van der Waals surface area contributed by atoms with Gasteiger partial charge in [0.05, 0.1) is 0 Å². The molecule has 0 spiro atoms. The number of aromatic nitrogens is 4. The van der Waals surface area contributed by atoms with Gasteiger partial charge in [-0.2, -0.15) is 0 Å². The van der Waals surface area contributed by atoms with E-state index >= 15 is 0 Å². The fraction of sp³-hybridized carbons (Fsp3) is 0.0270. The zero-order valence-corrected chi connectivity index (χ0v) is 22.8. The van der Waals surface area contributed by atoms with Gasteiger partial charge >= 0.3 is 0 Å². The second kappa shape index (κ2) is 11.3. The molecule has 4 heteroatoms. The fourth-order valence-electron chi connectivity index (χ4n) is 5.04. The smallest absolute Gasteiger partial charge is 0.164 e. The third kappa shape index (κ3) is 5.23. The number of benzene rings is 4. The summed E-state index contributed by atoms with van der Waals surface area (Å²) in [6.45, 7) is 9.83. The number of nitrogens with zero attached hydrogens (tertiary/aromatic N) is 4. The van der Waals surface area contributed by atoms with Gasteiger partial charge in [-0.1, -0.05) is 122 Å². The quantitative estimate of drug-likeness (QED) is 0.194. The summed E-state index contributed by atoms with van der Waals surface area (Å²) in [6, 6.07) is 35.4. The van der Waals surface area contributed by atoms with E-state index in [1.165, 1.54) is 16.3 Å². The van der Waals surface area contributed by atoms with E-state index in [9.17, 15) is 0 Å². The largest absolute Gasteiger partial charge is 0.261 e. The van der Waals surface area contributed by atoms with Crippen molar-refractivity contribution in [3.05, 3.63) is 152 Å². The zero-order valence-electron chi connectivity index (χ0n) is 22.8. The van der Waals surface area contributed by atoms with E-state index in [1.807, 2.05) is 54.7 Å². The minimum absolute atomic E-state index is 0.554. The van der Waals surface area contributed by atoms with Gasteiger partial charge in [0.2, 0.25) is 0 Å². The van der Waals surface area contributed by atoms with E-state index in [1.54, 1.807) is 12.2 Å². The van der Waals surface area contributed by atoms with Crippen molar-refractivity contribution in [2.45, 2.75) is 6.92 Å². The molecule has 4 nitrogen and oxygen atoms in total. The average Bonchev–Trinajstić information content (AvgIpc) is 3.04. The molecule has 0 saturated carbocycles. The first-order valence-electron chi connectivity index (χ1n) is 13.5. The highest BCUT2D eigenvalue weighted by Gasteiger charge is 2.13. The molecule has 6 rings (SSSR count). The number of rotatable bonds is 7. The first kappa shape index (κ1) is 25.8. The Morgan fingerprint density at radius 3 is 2.07 bits per heavy atom. The Hall–Kier alpha value is -5.48. The molecule has 0 saturated heterocycles. The van der Waals surface area contributed by atoms with Crippen molar-refractivity contribution >= 4 is 16.3 Å². The van der Waals surface area contributed by atoms with Crippen LogP contribution in [-0.4, -0.2) is 19.9 Å². The summed E-state index contributed by atoms with van der Waals surface area (Å²) >= 11 is 0. The van der Waals surface area contributed by atoms with Crippen LogP contribution >= 0.6 is 0 Å². The number of pyridine rings is 1. The van der Waals surface area contributed by atoms with E-state index in [2.05, 4.69) is 85.7 Å². The molecule has 0 aliphatic heterocycles. The summed E-state index contributed by atoms with van der Waals surface area (Å²) in [4.78, 5) is 19.0. The Morgan fingerprint density at radius 2 is 1.32 bits per heavy atom. The van der Waals surface area contributed by atoms with Gasteiger partial charge in [0.15, 0.2) is 17.5 Å². The standard InChI is InChI=1S/C37H28N4/c1-4-11-26(5-2)35-39-36(30-12-7-6-8-13-30)41-37(40-35)32-16-9-15-31(24-32)27-18-20-28(21-19-27)33-17-10-14-29-22-23-38-25(3)34(29)33/h4-24H,1-2H2,3H3/b26-11+. The summed E-state index contributed by atoms with van der Waals surface area (Å²) < 4.78 is 0. The summed E-state index contributed by atoms with van der Waals surface area (Å²) in [7, 11) is 0. The van der Waals surface area contributed by atoms with Gasteiger partial charge in [-0.3, -0.25) is 4.98 Å². The first-order valence-corrected chi connectivity index (χ1v) is 13.5. The molecule has 2 heterocycles. The zero-order chi connectivity index (χ0) is 28.2. The molecule has 0 atom stereocenters. The second-order valence-electron chi connectivity index (χ2n) is 9.69. The van der Waals surface area contributed by atoms with Gasteiger partial charge < -0.3 is 0 Å². The van der Waals surface area contributed by atoms with Crippen LogP contribution in [0.25, 0.3) is 61.4 Å². The minimum Gasteiger partial charge on any atom is -0.261 e. The Kier molecular flexibility index (Phi) is 7.12. The van der Waals surface area contributed by atoms with Gasteiger partial charge in [0, 0.05) is 34.0 Å². The lowest BCUT2D eigenvalue weighted by Gasteiger charge is -2.11. The van der Waals surface area contributed by atoms with Gasteiger partial charge in [-0.05, 0) is 46.7 Å². The van der Waals surface area contributed by atoms with Gasteiger partial charge in [0.1, 0.15) is 0 Å². The molecule has 0 radical (unpaired) electrons. The second-order valence-corrected chi connectivity index (χ2v) is 9.69.